The Morgan fingerprint density at radius 1 is 0.808 bits per heavy atom. The Labute approximate surface area is 153 Å². The summed E-state index contributed by atoms with van der Waals surface area (Å²) in [4.78, 5) is 12.3. The molecule has 3 aromatic rings. The average Bonchev–Trinajstić information content (AvgIpc) is 2.72. The van der Waals surface area contributed by atoms with Gasteiger partial charge < -0.3 is 4.74 Å². The fourth-order valence-electron chi connectivity index (χ4n) is 2.54. The van der Waals surface area contributed by atoms with Crippen molar-refractivity contribution in [3.63, 3.8) is 0 Å². The second-order valence-electron chi connectivity index (χ2n) is 5.81. The lowest BCUT2D eigenvalue weighted by molar-refractivity contribution is 0.0955. The molecule has 1 amide bonds. The van der Waals surface area contributed by atoms with Gasteiger partial charge in [0.2, 0.25) is 0 Å². The number of hydrazone groups is 1. The van der Waals surface area contributed by atoms with Crippen LogP contribution in [-0.4, -0.2) is 18.7 Å². The van der Waals surface area contributed by atoms with Crippen LogP contribution in [-0.2, 0) is 0 Å². The van der Waals surface area contributed by atoms with E-state index in [-0.39, 0.29) is 5.91 Å². The third kappa shape index (κ3) is 4.16. The molecule has 3 aromatic carbocycles. The number of carbonyl (C=O) groups is 1. The van der Waals surface area contributed by atoms with Crippen molar-refractivity contribution in [2.24, 2.45) is 5.10 Å². The van der Waals surface area contributed by atoms with Crippen LogP contribution in [0.1, 0.15) is 22.8 Å². The van der Waals surface area contributed by atoms with Gasteiger partial charge in [-0.2, -0.15) is 5.10 Å². The standard InChI is InChI=1S/C22H20N2O2/c1-16(17-12-14-21(26-2)15-13-17)23-24-22(25)20-10-8-19(9-11-20)18-6-4-3-5-7-18/h3-15H,1-2H3,(H,24,25). The molecule has 0 fully saturated rings. The van der Waals surface area contributed by atoms with Crippen molar-refractivity contribution in [3.05, 3.63) is 90.0 Å². The molecule has 0 spiro atoms. The molecule has 4 heteroatoms. The summed E-state index contributed by atoms with van der Waals surface area (Å²) < 4.78 is 5.14. The lowest BCUT2D eigenvalue weighted by Gasteiger charge is -2.06. The van der Waals surface area contributed by atoms with Gasteiger partial charge in [0, 0.05) is 5.56 Å². The van der Waals surface area contributed by atoms with Crippen molar-refractivity contribution < 1.29 is 9.53 Å². The molecule has 0 radical (unpaired) electrons. The first kappa shape index (κ1) is 17.4. The highest BCUT2D eigenvalue weighted by molar-refractivity contribution is 6.01. The Morgan fingerprint density at radius 3 is 2.00 bits per heavy atom. The molecule has 0 saturated heterocycles. The van der Waals surface area contributed by atoms with Crippen LogP contribution in [0.5, 0.6) is 5.75 Å². The summed E-state index contributed by atoms with van der Waals surface area (Å²) >= 11 is 0. The van der Waals surface area contributed by atoms with Crippen LogP contribution in [0.3, 0.4) is 0 Å². The number of ether oxygens (including phenoxy) is 1. The first-order valence-corrected chi connectivity index (χ1v) is 8.32. The van der Waals surface area contributed by atoms with Gasteiger partial charge in [0.25, 0.3) is 5.91 Å². The first-order valence-electron chi connectivity index (χ1n) is 8.32. The van der Waals surface area contributed by atoms with E-state index in [1.54, 1.807) is 19.2 Å². The van der Waals surface area contributed by atoms with Crippen molar-refractivity contribution >= 4 is 11.6 Å². The Bertz CT molecular complexity index is 899. The molecule has 130 valence electrons. The van der Waals surface area contributed by atoms with Crippen LogP contribution >= 0.6 is 0 Å². The van der Waals surface area contributed by atoms with Crippen molar-refractivity contribution in [3.8, 4) is 16.9 Å². The normalized spacial score (nSPS) is 11.1. The summed E-state index contributed by atoms with van der Waals surface area (Å²) in [5, 5.41) is 4.18. The largest absolute Gasteiger partial charge is 0.497 e. The Kier molecular flexibility index (Phi) is 5.44. The zero-order valence-electron chi connectivity index (χ0n) is 14.8. The van der Waals surface area contributed by atoms with E-state index in [0.717, 1.165) is 28.2 Å². The second-order valence-corrected chi connectivity index (χ2v) is 5.81. The molecule has 4 nitrogen and oxygen atoms in total. The van der Waals surface area contributed by atoms with E-state index in [9.17, 15) is 4.79 Å². The molecule has 0 heterocycles. The van der Waals surface area contributed by atoms with E-state index in [1.165, 1.54) is 0 Å². The summed E-state index contributed by atoms with van der Waals surface area (Å²) in [6, 6.07) is 25.0. The maximum Gasteiger partial charge on any atom is 0.271 e. The van der Waals surface area contributed by atoms with Crippen LogP contribution in [0.2, 0.25) is 0 Å². The van der Waals surface area contributed by atoms with Gasteiger partial charge in [0.15, 0.2) is 0 Å². The van der Waals surface area contributed by atoms with Crippen LogP contribution in [0, 0.1) is 0 Å². The van der Waals surface area contributed by atoms with Crippen LogP contribution in [0.4, 0.5) is 0 Å². The van der Waals surface area contributed by atoms with Crippen LogP contribution in [0.25, 0.3) is 11.1 Å². The molecule has 0 aliphatic carbocycles. The van der Waals surface area contributed by atoms with Crippen molar-refractivity contribution in [1.29, 1.82) is 0 Å². The molecular weight excluding hydrogens is 324 g/mol. The number of methoxy groups -OCH3 is 1. The van der Waals surface area contributed by atoms with Crippen LogP contribution < -0.4 is 10.2 Å². The molecule has 0 unspecified atom stereocenters. The number of hydrogen-bond donors (Lipinski definition) is 1. The quantitative estimate of drug-likeness (QED) is 0.547. The molecular formula is C22H20N2O2. The van der Waals surface area contributed by atoms with E-state index in [1.807, 2.05) is 73.7 Å². The highest BCUT2D eigenvalue weighted by Gasteiger charge is 2.06. The molecule has 3 rings (SSSR count). The summed E-state index contributed by atoms with van der Waals surface area (Å²) in [6.07, 6.45) is 0. The highest BCUT2D eigenvalue weighted by Crippen LogP contribution is 2.19. The van der Waals surface area contributed by atoms with E-state index in [2.05, 4.69) is 10.5 Å². The number of nitrogens with zero attached hydrogens (tertiary/aromatic N) is 1. The summed E-state index contributed by atoms with van der Waals surface area (Å²) in [6.45, 7) is 1.85. The maximum atomic E-state index is 12.3. The topological polar surface area (TPSA) is 50.7 Å². The predicted octanol–water partition coefficient (Wildman–Crippen LogP) is 4.52. The summed E-state index contributed by atoms with van der Waals surface area (Å²) in [5.41, 5.74) is 7.00. The number of carbonyl (C=O) groups excluding carboxylic acids is 1. The fourth-order valence-corrected chi connectivity index (χ4v) is 2.54. The minimum absolute atomic E-state index is 0.238. The second kappa shape index (κ2) is 8.12. The van der Waals surface area contributed by atoms with Crippen LogP contribution in [0.15, 0.2) is 84.0 Å². The predicted molar refractivity (Wildman–Crippen MR) is 105 cm³/mol. The van der Waals surface area contributed by atoms with Crippen molar-refractivity contribution in [1.82, 2.24) is 5.43 Å². The molecule has 0 atom stereocenters. The minimum atomic E-state index is -0.238. The van der Waals surface area contributed by atoms with Gasteiger partial charge >= 0.3 is 0 Å². The SMILES string of the molecule is COc1ccc(C(C)=NNC(=O)c2ccc(-c3ccccc3)cc2)cc1. The number of benzene rings is 3. The van der Waals surface area contributed by atoms with Gasteiger partial charge in [-0.05, 0) is 60.0 Å². The molecule has 0 aliphatic heterocycles. The first-order chi connectivity index (χ1) is 12.7. The minimum Gasteiger partial charge on any atom is -0.497 e. The number of amides is 1. The molecule has 0 aromatic heterocycles. The summed E-state index contributed by atoms with van der Waals surface area (Å²) in [5.74, 6) is 0.543. The maximum absolute atomic E-state index is 12.3. The molecule has 26 heavy (non-hydrogen) atoms. The monoisotopic (exact) mass is 344 g/mol. The lowest BCUT2D eigenvalue weighted by atomic mass is 10.0. The van der Waals surface area contributed by atoms with E-state index >= 15 is 0 Å². The van der Waals surface area contributed by atoms with Gasteiger partial charge in [0.1, 0.15) is 5.75 Å². The van der Waals surface area contributed by atoms with E-state index < -0.39 is 0 Å². The fraction of sp³-hybridized carbons (Fsp3) is 0.0909. The van der Waals surface area contributed by atoms with E-state index in [0.29, 0.717) is 5.56 Å². The van der Waals surface area contributed by atoms with Gasteiger partial charge in [0.05, 0.1) is 12.8 Å². The van der Waals surface area contributed by atoms with E-state index in [4.69, 9.17) is 4.74 Å². The number of hydrogen-bond acceptors (Lipinski definition) is 3. The van der Waals surface area contributed by atoms with Gasteiger partial charge in [-0.1, -0.05) is 42.5 Å². The number of nitrogens with one attached hydrogen (secondary N) is 1. The lowest BCUT2D eigenvalue weighted by Crippen LogP contribution is -2.19. The Balaban J connectivity index is 1.67. The Morgan fingerprint density at radius 2 is 1.38 bits per heavy atom. The molecule has 1 N–H and O–H groups in total. The van der Waals surface area contributed by atoms with Crippen molar-refractivity contribution in [2.75, 3.05) is 7.11 Å². The third-order valence-electron chi connectivity index (χ3n) is 4.09. The molecule has 0 saturated carbocycles. The summed E-state index contributed by atoms with van der Waals surface area (Å²) in [7, 11) is 1.62. The molecule has 0 aliphatic rings. The average molecular weight is 344 g/mol. The zero-order chi connectivity index (χ0) is 18.4. The molecule has 0 bridgehead atoms. The smallest absolute Gasteiger partial charge is 0.271 e. The van der Waals surface area contributed by atoms with Gasteiger partial charge in [-0.3, -0.25) is 4.79 Å². The van der Waals surface area contributed by atoms with Crippen molar-refractivity contribution in [2.45, 2.75) is 6.92 Å². The zero-order valence-corrected chi connectivity index (χ0v) is 14.8. The Hall–Kier alpha value is -3.40. The van der Waals surface area contributed by atoms with Gasteiger partial charge in [-0.15, -0.1) is 0 Å². The third-order valence-corrected chi connectivity index (χ3v) is 4.09. The van der Waals surface area contributed by atoms with Gasteiger partial charge in [-0.25, -0.2) is 5.43 Å². The highest BCUT2D eigenvalue weighted by atomic mass is 16.5. The number of rotatable bonds is 5.